The van der Waals surface area contributed by atoms with E-state index in [0.717, 1.165) is 16.7 Å². The second-order valence-corrected chi connectivity index (χ2v) is 4.46. The van der Waals surface area contributed by atoms with Gasteiger partial charge in [0.2, 0.25) is 0 Å². The third-order valence-corrected chi connectivity index (χ3v) is 3.00. The van der Waals surface area contributed by atoms with Gasteiger partial charge in [-0.25, -0.2) is 0 Å². The first-order chi connectivity index (χ1) is 9.27. The van der Waals surface area contributed by atoms with Crippen LogP contribution in [-0.2, 0) is 0 Å². The molecular formula is C18H18O. The van der Waals surface area contributed by atoms with Crippen LogP contribution in [0.5, 0.6) is 0 Å². The number of hydrogen-bond donors (Lipinski definition) is 1. The van der Waals surface area contributed by atoms with Gasteiger partial charge in [-0.05, 0) is 23.6 Å². The lowest BCUT2D eigenvalue weighted by atomic mass is 10.0. The smallest absolute Gasteiger partial charge is 0.0977 e. The molecular weight excluding hydrogens is 232 g/mol. The van der Waals surface area contributed by atoms with Crippen LogP contribution >= 0.6 is 0 Å². The highest BCUT2D eigenvalue weighted by Crippen LogP contribution is 2.18. The van der Waals surface area contributed by atoms with Crippen molar-refractivity contribution in [2.45, 2.75) is 13.0 Å². The van der Waals surface area contributed by atoms with E-state index in [2.05, 4.69) is 0 Å². The second kappa shape index (κ2) is 6.72. The molecule has 1 atom stereocenters. The average molecular weight is 250 g/mol. The molecule has 19 heavy (non-hydrogen) atoms. The summed E-state index contributed by atoms with van der Waals surface area (Å²) >= 11 is 0. The van der Waals surface area contributed by atoms with Crippen LogP contribution in [0.1, 0.15) is 22.8 Å². The van der Waals surface area contributed by atoms with Crippen molar-refractivity contribution in [2.24, 2.45) is 0 Å². The largest absolute Gasteiger partial charge is 0.384 e. The summed E-state index contributed by atoms with van der Waals surface area (Å²) in [5.74, 6) is 0. The Morgan fingerprint density at radius 2 is 1.58 bits per heavy atom. The van der Waals surface area contributed by atoms with E-state index in [0.29, 0.717) is 0 Å². The van der Waals surface area contributed by atoms with Gasteiger partial charge in [-0.3, -0.25) is 0 Å². The summed E-state index contributed by atoms with van der Waals surface area (Å²) in [6.45, 7) is 2.01. The van der Waals surface area contributed by atoms with Crippen molar-refractivity contribution in [3.05, 3.63) is 89.5 Å². The normalized spacial score (nSPS) is 13.2. The van der Waals surface area contributed by atoms with Crippen LogP contribution in [0.4, 0.5) is 0 Å². The molecule has 0 amide bonds. The highest BCUT2D eigenvalue weighted by atomic mass is 16.3. The van der Waals surface area contributed by atoms with E-state index in [1.54, 1.807) is 6.08 Å². The molecule has 0 fully saturated rings. The van der Waals surface area contributed by atoms with Crippen LogP contribution < -0.4 is 0 Å². The number of aliphatic hydroxyl groups excluding tert-OH is 1. The summed E-state index contributed by atoms with van der Waals surface area (Å²) in [4.78, 5) is 0. The zero-order valence-corrected chi connectivity index (χ0v) is 11.0. The number of allylic oxidation sites excluding steroid dienone is 2. The van der Waals surface area contributed by atoms with Crippen molar-refractivity contribution in [1.29, 1.82) is 0 Å². The number of aliphatic hydroxyl groups is 1. The van der Waals surface area contributed by atoms with Crippen LogP contribution in [0.3, 0.4) is 0 Å². The summed E-state index contributed by atoms with van der Waals surface area (Å²) in [6, 6.07) is 18.0. The van der Waals surface area contributed by atoms with E-state index in [4.69, 9.17) is 0 Å². The van der Waals surface area contributed by atoms with Gasteiger partial charge in [0.15, 0.2) is 0 Å². The highest BCUT2D eigenvalue weighted by Gasteiger charge is 2.04. The molecule has 0 saturated heterocycles. The third-order valence-electron chi connectivity index (χ3n) is 3.00. The van der Waals surface area contributed by atoms with Gasteiger partial charge in [0, 0.05) is 0 Å². The van der Waals surface area contributed by atoms with Crippen molar-refractivity contribution in [2.75, 3.05) is 0 Å². The lowest BCUT2D eigenvalue weighted by molar-refractivity contribution is 0.228. The van der Waals surface area contributed by atoms with Crippen molar-refractivity contribution >= 4 is 6.08 Å². The zero-order chi connectivity index (χ0) is 13.5. The molecule has 0 saturated carbocycles. The SMILES string of the molecule is Cc1ccccc1C(O)/C=C/C=C/c1ccccc1. The molecule has 0 heterocycles. The standard InChI is InChI=1S/C18H18O/c1-15-9-5-7-13-17(15)18(19)14-8-6-12-16-10-3-2-4-11-16/h2-14,18-19H,1H3/b12-6+,14-8+. The number of aryl methyl sites for hydroxylation is 1. The molecule has 1 nitrogen and oxygen atoms in total. The van der Waals surface area contributed by atoms with E-state index < -0.39 is 6.10 Å². The first kappa shape index (κ1) is 13.3. The Balaban J connectivity index is 2.00. The van der Waals surface area contributed by atoms with Gasteiger partial charge < -0.3 is 5.11 Å². The average Bonchev–Trinajstić information content (AvgIpc) is 2.45. The van der Waals surface area contributed by atoms with Gasteiger partial charge in [0.05, 0.1) is 6.10 Å². The van der Waals surface area contributed by atoms with Gasteiger partial charge in [0.25, 0.3) is 0 Å². The van der Waals surface area contributed by atoms with Crippen LogP contribution in [-0.4, -0.2) is 5.11 Å². The summed E-state index contributed by atoms with van der Waals surface area (Å²) < 4.78 is 0. The molecule has 1 unspecified atom stereocenters. The summed E-state index contributed by atoms with van der Waals surface area (Å²) in [5.41, 5.74) is 3.20. The summed E-state index contributed by atoms with van der Waals surface area (Å²) in [7, 11) is 0. The van der Waals surface area contributed by atoms with Crippen LogP contribution in [0.2, 0.25) is 0 Å². The van der Waals surface area contributed by atoms with Crippen molar-refractivity contribution in [3.63, 3.8) is 0 Å². The van der Waals surface area contributed by atoms with E-state index in [1.165, 1.54) is 0 Å². The molecule has 0 spiro atoms. The first-order valence-corrected chi connectivity index (χ1v) is 6.41. The highest BCUT2D eigenvalue weighted by molar-refractivity contribution is 5.50. The van der Waals surface area contributed by atoms with E-state index >= 15 is 0 Å². The van der Waals surface area contributed by atoms with Gasteiger partial charge in [-0.15, -0.1) is 0 Å². The first-order valence-electron chi connectivity index (χ1n) is 6.41. The number of rotatable bonds is 4. The predicted molar refractivity (Wildman–Crippen MR) is 80.8 cm³/mol. The number of hydrogen-bond acceptors (Lipinski definition) is 1. The Labute approximate surface area is 114 Å². The Morgan fingerprint density at radius 3 is 2.32 bits per heavy atom. The Bertz CT molecular complexity index is 567. The molecule has 2 rings (SSSR count). The van der Waals surface area contributed by atoms with Gasteiger partial charge in [0.1, 0.15) is 0 Å². The molecule has 2 aromatic rings. The van der Waals surface area contributed by atoms with Crippen LogP contribution in [0.15, 0.2) is 72.8 Å². The molecule has 0 aliphatic heterocycles. The summed E-state index contributed by atoms with van der Waals surface area (Å²) in [6.07, 6.45) is 7.07. The van der Waals surface area contributed by atoms with Crippen LogP contribution in [0.25, 0.3) is 6.08 Å². The van der Waals surface area contributed by atoms with E-state index in [9.17, 15) is 5.11 Å². The number of benzene rings is 2. The fraction of sp³-hybridized carbons (Fsp3) is 0.111. The fourth-order valence-electron chi connectivity index (χ4n) is 1.92. The third kappa shape index (κ3) is 3.94. The molecule has 0 aliphatic rings. The maximum absolute atomic E-state index is 10.1. The fourth-order valence-corrected chi connectivity index (χ4v) is 1.92. The molecule has 2 aromatic carbocycles. The molecule has 0 radical (unpaired) electrons. The van der Waals surface area contributed by atoms with Crippen molar-refractivity contribution < 1.29 is 5.11 Å². The molecule has 1 N–H and O–H groups in total. The van der Waals surface area contributed by atoms with Gasteiger partial charge >= 0.3 is 0 Å². The summed E-state index contributed by atoms with van der Waals surface area (Å²) in [5, 5.41) is 10.1. The lowest BCUT2D eigenvalue weighted by Gasteiger charge is -2.08. The molecule has 96 valence electrons. The molecule has 0 aliphatic carbocycles. The van der Waals surface area contributed by atoms with E-state index in [-0.39, 0.29) is 0 Å². The maximum atomic E-state index is 10.1. The monoisotopic (exact) mass is 250 g/mol. The second-order valence-electron chi connectivity index (χ2n) is 4.46. The minimum atomic E-state index is -0.554. The molecule has 0 bridgehead atoms. The Kier molecular flexibility index (Phi) is 4.71. The van der Waals surface area contributed by atoms with E-state index in [1.807, 2.05) is 79.7 Å². The molecule has 0 aromatic heterocycles. The van der Waals surface area contributed by atoms with Gasteiger partial charge in [-0.2, -0.15) is 0 Å². The van der Waals surface area contributed by atoms with Gasteiger partial charge in [-0.1, -0.05) is 78.9 Å². The van der Waals surface area contributed by atoms with Crippen molar-refractivity contribution in [3.8, 4) is 0 Å². The topological polar surface area (TPSA) is 20.2 Å². The molecule has 1 heteroatoms. The minimum Gasteiger partial charge on any atom is -0.384 e. The lowest BCUT2D eigenvalue weighted by Crippen LogP contribution is -1.95. The van der Waals surface area contributed by atoms with Crippen molar-refractivity contribution in [1.82, 2.24) is 0 Å². The van der Waals surface area contributed by atoms with Crippen LogP contribution in [0, 0.1) is 6.92 Å². The zero-order valence-electron chi connectivity index (χ0n) is 11.0. The Morgan fingerprint density at radius 1 is 0.895 bits per heavy atom. The predicted octanol–water partition coefficient (Wildman–Crippen LogP) is 4.30. The maximum Gasteiger partial charge on any atom is 0.0977 e. The quantitative estimate of drug-likeness (QED) is 0.802. The minimum absolute atomic E-state index is 0.554. The Hall–Kier alpha value is -2.12.